The van der Waals surface area contributed by atoms with Gasteiger partial charge in [0.25, 0.3) is 5.91 Å². The number of hydrogen-bond acceptors (Lipinski definition) is 2. The fourth-order valence-corrected chi connectivity index (χ4v) is 3.77. The number of carbonyl (C=O) groups is 2. The van der Waals surface area contributed by atoms with Crippen molar-refractivity contribution in [1.29, 1.82) is 0 Å². The van der Waals surface area contributed by atoms with Crippen LogP contribution in [-0.4, -0.2) is 22.4 Å². The van der Waals surface area contributed by atoms with Crippen LogP contribution in [-0.2, 0) is 11.3 Å². The lowest BCUT2D eigenvalue weighted by Crippen LogP contribution is -2.51. The van der Waals surface area contributed by atoms with Crippen LogP contribution in [0.3, 0.4) is 0 Å². The zero-order valence-corrected chi connectivity index (χ0v) is 13.4. The number of carbonyl (C=O) groups excluding carboxylic acids is 2. The molecule has 0 bridgehead atoms. The first kappa shape index (κ1) is 15.1. The molecular formula is C18H24N2O2. The first-order valence-corrected chi connectivity index (χ1v) is 8.21. The summed E-state index contributed by atoms with van der Waals surface area (Å²) in [6.07, 6.45) is 5.60. The Morgan fingerprint density at radius 3 is 2.55 bits per heavy atom. The molecule has 1 atom stereocenters. The smallest absolute Gasteiger partial charge is 0.323 e. The topological polar surface area (TPSA) is 49.4 Å². The van der Waals surface area contributed by atoms with Crippen molar-refractivity contribution < 1.29 is 9.59 Å². The van der Waals surface area contributed by atoms with E-state index in [-0.39, 0.29) is 17.9 Å². The van der Waals surface area contributed by atoms with Crippen molar-refractivity contribution in [3.05, 3.63) is 35.4 Å². The van der Waals surface area contributed by atoms with Gasteiger partial charge in [0.15, 0.2) is 0 Å². The molecule has 118 valence electrons. The van der Waals surface area contributed by atoms with E-state index in [1.807, 2.05) is 38.1 Å². The summed E-state index contributed by atoms with van der Waals surface area (Å²) in [6, 6.07) is 7.65. The van der Waals surface area contributed by atoms with Crippen molar-refractivity contribution in [2.24, 2.45) is 5.92 Å². The molecule has 4 nitrogen and oxygen atoms in total. The second-order valence-corrected chi connectivity index (χ2v) is 6.79. The lowest BCUT2D eigenvalue weighted by Gasteiger charge is -2.34. The zero-order valence-electron chi connectivity index (χ0n) is 13.4. The van der Waals surface area contributed by atoms with Gasteiger partial charge < -0.3 is 5.32 Å². The minimum absolute atomic E-state index is 0.0624. The molecular weight excluding hydrogens is 276 g/mol. The van der Waals surface area contributed by atoms with Crippen molar-refractivity contribution in [2.75, 3.05) is 0 Å². The van der Waals surface area contributed by atoms with Crippen LogP contribution in [0, 0.1) is 12.8 Å². The standard InChI is InChI=1S/C18H24N2O2/c1-13-8-6-7-9-14(13)12-20-16(21)18(2,19-17(20)22)15-10-4-3-5-11-15/h6-9,15H,3-5,10-12H2,1-2H3,(H,19,22)/t18-/m0/s1. The van der Waals surface area contributed by atoms with E-state index < -0.39 is 5.54 Å². The molecule has 1 heterocycles. The number of amides is 3. The van der Waals surface area contributed by atoms with Gasteiger partial charge in [-0.05, 0) is 43.7 Å². The van der Waals surface area contributed by atoms with Gasteiger partial charge in [0.1, 0.15) is 5.54 Å². The van der Waals surface area contributed by atoms with Crippen LogP contribution in [0.4, 0.5) is 4.79 Å². The van der Waals surface area contributed by atoms with Crippen LogP contribution < -0.4 is 5.32 Å². The summed E-state index contributed by atoms with van der Waals surface area (Å²) in [7, 11) is 0. The molecule has 1 aliphatic heterocycles. The van der Waals surface area contributed by atoms with Gasteiger partial charge in [0.2, 0.25) is 0 Å². The van der Waals surface area contributed by atoms with Gasteiger partial charge in [0, 0.05) is 0 Å². The maximum absolute atomic E-state index is 12.9. The van der Waals surface area contributed by atoms with Crippen molar-refractivity contribution in [3.63, 3.8) is 0 Å². The molecule has 0 radical (unpaired) electrons. The van der Waals surface area contributed by atoms with E-state index in [0.717, 1.165) is 36.8 Å². The van der Waals surface area contributed by atoms with E-state index in [4.69, 9.17) is 0 Å². The highest BCUT2D eigenvalue weighted by molar-refractivity contribution is 6.06. The maximum atomic E-state index is 12.9. The number of nitrogens with one attached hydrogen (secondary N) is 1. The third-order valence-electron chi connectivity index (χ3n) is 5.31. The number of imide groups is 1. The highest BCUT2D eigenvalue weighted by Crippen LogP contribution is 2.36. The third kappa shape index (κ3) is 2.51. The minimum atomic E-state index is -0.722. The molecule has 1 saturated carbocycles. The zero-order chi connectivity index (χ0) is 15.7. The number of urea groups is 1. The van der Waals surface area contributed by atoms with E-state index in [2.05, 4.69) is 5.32 Å². The van der Waals surface area contributed by atoms with E-state index in [1.165, 1.54) is 11.3 Å². The minimum Gasteiger partial charge on any atom is -0.323 e. The van der Waals surface area contributed by atoms with Crippen LogP contribution in [0.15, 0.2) is 24.3 Å². The second kappa shape index (κ2) is 5.75. The highest BCUT2D eigenvalue weighted by atomic mass is 16.2. The Morgan fingerprint density at radius 1 is 1.18 bits per heavy atom. The van der Waals surface area contributed by atoms with E-state index >= 15 is 0 Å². The summed E-state index contributed by atoms with van der Waals surface area (Å²) in [5.41, 5.74) is 1.41. The number of nitrogens with zero attached hydrogens (tertiary/aromatic N) is 1. The van der Waals surface area contributed by atoms with Gasteiger partial charge in [0.05, 0.1) is 6.54 Å². The molecule has 3 rings (SSSR count). The molecule has 0 unspecified atom stereocenters. The second-order valence-electron chi connectivity index (χ2n) is 6.79. The molecule has 0 aromatic heterocycles. The highest BCUT2D eigenvalue weighted by Gasteiger charge is 2.52. The predicted molar refractivity (Wildman–Crippen MR) is 85.2 cm³/mol. The molecule has 1 saturated heterocycles. The van der Waals surface area contributed by atoms with Gasteiger partial charge in [-0.3, -0.25) is 9.69 Å². The Labute approximate surface area is 131 Å². The third-order valence-corrected chi connectivity index (χ3v) is 5.31. The Morgan fingerprint density at radius 2 is 1.86 bits per heavy atom. The number of benzene rings is 1. The largest absolute Gasteiger partial charge is 0.325 e. The molecule has 0 spiro atoms. The fraction of sp³-hybridized carbons (Fsp3) is 0.556. The normalized spacial score (nSPS) is 26.4. The van der Waals surface area contributed by atoms with Crippen LogP contribution >= 0.6 is 0 Å². The number of rotatable bonds is 3. The van der Waals surface area contributed by atoms with Crippen molar-refractivity contribution in [2.45, 2.75) is 58.0 Å². The Kier molecular flexibility index (Phi) is 3.94. The summed E-state index contributed by atoms with van der Waals surface area (Å²) >= 11 is 0. The van der Waals surface area contributed by atoms with Crippen molar-refractivity contribution in [1.82, 2.24) is 10.2 Å². The van der Waals surface area contributed by atoms with Gasteiger partial charge in [-0.1, -0.05) is 43.5 Å². The molecule has 22 heavy (non-hydrogen) atoms. The quantitative estimate of drug-likeness (QED) is 0.870. The Bertz CT molecular complexity index is 593. The van der Waals surface area contributed by atoms with Gasteiger partial charge in [-0.2, -0.15) is 0 Å². The molecule has 2 aliphatic rings. The van der Waals surface area contributed by atoms with Gasteiger partial charge in [-0.25, -0.2) is 4.79 Å². The maximum Gasteiger partial charge on any atom is 0.325 e. The average molecular weight is 300 g/mol. The Balaban J connectivity index is 1.80. The summed E-state index contributed by atoms with van der Waals surface area (Å²) in [5.74, 6) is 0.201. The fourth-order valence-electron chi connectivity index (χ4n) is 3.77. The molecule has 1 aliphatic carbocycles. The first-order chi connectivity index (χ1) is 10.5. The molecule has 1 aromatic carbocycles. The summed E-state index contributed by atoms with van der Waals surface area (Å²) in [6.45, 7) is 4.27. The van der Waals surface area contributed by atoms with Crippen LogP contribution in [0.5, 0.6) is 0 Å². The predicted octanol–water partition coefficient (Wildman–Crippen LogP) is 3.39. The molecule has 1 N–H and O–H groups in total. The lowest BCUT2D eigenvalue weighted by atomic mass is 9.75. The summed E-state index contributed by atoms with van der Waals surface area (Å²) in [5, 5.41) is 2.98. The molecule has 4 heteroatoms. The van der Waals surface area contributed by atoms with Gasteiger partial charge in [-0.15, -0.1) is 0 Å². The van der Waals surface area contributed by atoms with Crippen molar-refractivity contribution >= 4 is 11.9 Å². The average Bonchev–Trinajstić information content (AvgIpc) is 2.75. The Hall–Kier alpha value is -1.84. The van der Waals surface area contributed by atoms with E-state index in [0.29, 0.717) is 6.54 Å². The lowest BCUT2D eigenvalue weighted by molar-refractivity contribution is -0.133. The van der Waals surface area contributed by atoms with Crippen molar-refractivity contribution in [3.8, 4) is 0 Å². The summed E-state index contributed by atoms with van der Waals surface area (Å²) in [4.78, 5) is 26.6. The first-order valence-electron chi connectivity index (χ1n) is 8.21. The SMILES string of the molecule is Cc1ccccc1CN1C(=O)N[C@@](C)(C2CCCCC2)C1=O. The van der Waals surface area contributed by atoms with Crippen LogP contribution in [0.25, 0.3) is 0 Å². The van der Waals surface area contributed by atoms with E-state index in [1.54, 1.807) is 0 Å². The molecule has 3 amide bonds. The van der Waals surface area contributed by atoms with E-state index in [9.17, 15) is 9.59 Å². The molecule has 1 aromatic rings. The summed E-state index contributed by atoms with van der Waals surface area (Å²) < 4.78 is 0. The number of aryl methyl sites for hydroxylation is 1. The van der Waals surface area contributed by atoms with Crippen LogP contribution in [0.1, 0.15) is 50.2 Å². The van der Waals surface area contributed by atoms with Gasteiger partial charge >= 0.3 is 6.03 Å². The van der Waals surface area contributed by atoms with Crippen LogP contribution in [0.2, 0.25) is 0 Å². The molecule has 2 fully saturated rings. The number of hydrogen-bond donors (Lipinski definition) is 1. The monoisotopic (exact) mass is 300 g/mol.